The van der Waals surface area contributed by atoms with Gasteiger partial charge in [0.15, 0.2) is 0 Å². The monoisotopic (exact) mass is 216 g/mol. The first-order chi connectivity index (χ1) is 7.15. The number of aromatic nitrogens is 2. The minimum absolute atomic E-state index is 0.627. The third-order valence-electron chi connectivity index (χ3n) is 2.22. The molecule has 1 aromatic heterocycles. The highest BCUT2D eigenvalue weighted by molar-refractivity contribution is 7.71. The van der Waals surface area contributed by atoms with Crippen LogP contribution in [0.25, 0.3) is 11.3 Å². The van der Waals surface area contributed by atoms with E-state index in [1.807, 2.05) is 13.0 Å². The number of H-pyrrole nitrogens is 1. The maximum atomic E-state index is 5.08. The van der Waals surface area contributed by atoms with Crippen LogP contribution >= 0.6 is 12.2 Å². The van der Waals surface area contributed by atoms with Crippen LogP contribution in [-0.2, 0) is 0 Å². The Balaban J connectivity index is 2.54. The number of rotatable bonds is 1. The Hall–Kier alpha value is -1.48. The van der Waals surface area contributed by atoms with Crippen molar-refractivity contribution >= 4 is 12.2 Å². The van der Waals surface area contributed by atoms with E-state index in [0.29, 0.717) is 4.64 Å². The molecule has 0 fully saturated rings. The SMILES string of the molecule is Cc1ccc(-c2cc(=S)nc(C)[nH]2)cc1. The lowest BCUT2D eigenvalue weighted by atomic mass is 10.1. The molecule has 0 aliphatic heterocycles. The first kappa shape index (κ1) is 10.1. The van der Waals surface area contributed by atoms with Crippen LogP contribution in [0.15, 0.2) is 30.3 Å². The maximum absolute atomic E-state index is 5.08. The van der Waals surface area contributed by atoms with Crippen molar-refractivity contribution in [3.63, 3.8) is 0 Å². The summed E-state index contributed by atoms with van der Waals surface area (Å²) < 4.78 is 0.627. The van der Waals surface area contributed by atoms with Crippen LogP contribution < -0.4 is 0 Å². The van der Waals surface area contributed by atoms with Crippen LogP contribution in [0.4, 0.5) is 0 Å². The van der Waals surface area contributed by atoms with Crippen molar-refractivity contribution in [1.82, 2.24) is 9.97 Å². The molecule has 0 atom stereocenters. The minimum atomic E-state index is 0.627. The lowest BCUT2D eigenvalue weighted by Crippen LogP contribution is -1.91. The molecule has 76 valence electrons. The zero-order valence-electron chi connectivity index (χ0n) is 8.74. The second-order valence-electron chi connectivity index (χ2n) is 3.58. The Morgan fingerprint density at radius 3 is 2.40 bits per heavy atom. The van der Waals surface area contributed by atoms with Gasteiger partial charge in [-0.15, -0.1) is 0 Å². The van der Waals surface area contributed by atoms with Crippen molar-refractivity contribution in [1.29, 1.82) is 0 Å². The molecule has 3 heteroatoms. The maximum Gasteiger partial charge on any atom is 0.130 e. The molecular formula is C12H12N2S. The van der Waals surface area contributed by atoms with E-state index in [9.17, 15) is 0 Å². The van der Waals surface area contributed by atoms with Crippen molar-refractivity contribution < 1.29 is 0 Å². The summed E-state index contributed by atoms with van der Waals surface area (Å²) in [4.78, 5) is 7.34. The number of hydrogen-bond donors (Lipinski definition) is 1. The quantitative estimate of drug-likeness (QED) is 0.740. The molecule has 2 rings (SSSR count). The number of hydrogen-bond acceptors (Lipinski definition) is 2. The second kappa shape index (κ2) is 3.95. The predicted octanol–water partition coefficient (Wildman–Crippen LogP) is 3.42. The molecule has 0 saturated carbocycles. The van der Waals surface area contributed by atoms with Gasteiger partial charge in [-0.2, -0.15) is 0 Å². The summed E-state index contributed by atoms with van der Waals surface area (Å²) in [5.74, 6) is 0.845. The fourth-order valence-corrected chi connectivity index (χ4v) is 1.72. The van der Waals surface area contributed by atoms with Crippen LogP contribution in [-0.4, -0.2) is 9.97 Å². The van der Waals surface area contributed by atoms with Gasteiger partial charge in [0, 0.05) is 5.69 Å². The zero-order chi connectivity index (χ0) is 10.8. The number of nitrogens with zero attached hydrogens (tertiary/aromatic N) is 1. The van der Waals surface area contributed by atoms with E-state index in [2.05, 4.69) is 41.2 Å². The summed E-state index contributed by atoms with van der Waals surface area (Å²) in [5.41, 5.74) is 3.41. The van der Waals surface area contributed by atoms with E-state index in [4.69, 9.17) is 12.2 Å². The van der Waals surface area contributed by atoms with Gasteiger partial charge < -0.3 is 4.98 Å². The Labute approximate surface area is 94.0 Å². The molecule has 0 saturated heterocycles. The van der Waals surface area contributed by atoms with Crippen LogP contribution in [0.5, 0.6) is 0 Å². The Kier molecular flexibility index (Phi) is 2.64. The first-order valence-corrected chi connectivity index (χ1v) is 5.21. The van der Waals surface area contributed by atoms with Gasteiger partial charge in [-0.05, 0) is 25.5 Å². The van der Waals surface area contributed by atoms with E-state index in [-0.39, 0.29) is 0 Å². The lowest BCUT2D eigenvalue weighted by Gasteiger charge is -2.03. The molecule has 0 spiro atoms. The molecule has 0 radical (unpaired) electrons. The summed E-state index contributed by atoms with van der Waals surface area (Å²) >= 11 is 5.08. The molecule has 2 aromatic rings. The minimum Gasteiger partial charge on any atom is -0.343 e. The van der Waals surface area contributed by atoms with Gasteiger partial charge in [0.2, 0.25) is 0 Å². The van der Waals surface area contributed by atoms with Crippen molar-refractivity contribution in [2.24, 2.45) is 0 Å². The molecule has 0 aliphatic carbocycles. The zero-order valence-corrected chi connectivity index (χ0v) is 9.56. The number of nitrogens with one attached hydrogen (secondary N) is 1. The molecule has 0 amide bonds. The Bertz CT molecular complexity index is 526. The molecular weight excluding hydrogens is 204 g/mol. The highest BCUT2D eigenvalue weighted by atomic mass is 32.1. The lowest BCUT2D eigenvalue weighted by molar-refractivity contribution is 1.05. The van der Waals surface area contributed by atoms with E-state index >= 15 is 0 Å². The highest BCUT2D eigenvalue weighted by Gasteiger charge is 1.98. The molecule has 1 heterocycles. The van der Waals surface area contributed by atoms with Crippen molar-refractivity contribution in [2.45, 2.75) is 13.8 Å². The standard InChI is InChI=1S/C12H12N2S/c1-8-3-5-10(6-4-8)11-7-12(15)14-9(2)13-11/h3-7H,1-2H3,(H,13,14,15). The summed E-state index contributed by atoms with van der Waals surface area (Å²) in [5, 5.41) is 0. The van der Waals surface area contributed by atoms with Crippen molar-refractivity contribution in [3.05, 3.63) is 46.4 Å². The molecule has 0 unspecified atom stereocenters. The molecule has 0 aliphatic rings. The largest absolute Gasteiger partial charge is 0.343 e. The normalized spacial score (nSPS) is 10.3. The Morgan fingerprint density at radius 2 is 1.80 bits per heavy atom. The average molecular weight is 216 g/mol. The van der Waals surface area contributed by atoms with Crippen LogP contribution in [0, 0.1) is 18.5 Å². The van der Waals surface area contributed by atoms with Crippen molar-refractivity contribution in [2.75, 3.05) is 0 Å². The summed E-state index contributed by atoms with van der Waals surface area (Å²) in [6.45, 7) is 3.98. The van der Waals surface area contributed by atoms with Gasteiger partial charge in [-0.1, -0.05) is 42.0 Å². The van der Waals surface area contributed by atoms with E-state index < -0.39 is 0 Å². The fraction of sp³-hybridized carbons (Fsp3) is 0.167. The predicted molar refractivity (Wildman–Crippen MR) is 64.3 cm³/mol. The van der Waals surface area contributed by atoms with Gasteiger partial charge >= 0.3 is 0 Å². The van der Waals surface area contributed by atoms with Gasteiger partial charge in [0.1, 0.15) is 10.5 Å². The number of aromatic amines is 1. The van der Waals surface area contributed by atoms with Gasteiger partial charge in [0.05, 0.1) is 0 Å². The molecule has 1 N–H and O–H groups in total. The topological polar surface area (TPSA) is 28.7 Å². The van der Waals surface area contributed by atoms with Crippen LogP contribution in [0.1, 0.15) is 11.4 Å². The van der Waals surface area contributed by atoms with Crippen molar-refractivity contribution in [3.8, 4) is 11.3 Å². The van der Waals surface area contributed by atoms with E-state index in [0.717, 1.165) is 17.1 Å². The smallest absolute Gasteiger partial charge is 0.130 e. The number of aryl methyl sites for hydroxylation is 2. The summed E-state index contributed by atoms with van der Waals surface area (Å²) in [6.07, 6.45) is 0. The average Bonchev–Trinajstić information content (AvgIpc) is 2.17. The molecule has 15 heavy (non-hydrogen) atoms. The van der Waals surface area contributed by atoms with Crippen LogP contribution in [0.3, 0.4) is 0 Å². The third kappa shape index (κ3) is 2.30. The second-order valence-corrected chi connectivity index (χ2v) is 4.00. The molecule has 2 nitrogen and oxygen atoms in total. The highest BCUT2D eigenvalue weighted by Crippen LogP contribution is 2.17. The van der Waals surface area contributed by atoms with Gasteiger partial charge in [-0.25, -0.2) is 4.98 Å². The summed E-state index contributed by atoms with van der Waals surface area (Å²) in [7, 11) is 0. The fourth-order valence-electron chi connectivity index (χ4n) is 1.47. The van der Waals surface area contributed by atoms with E-state index in [1.165, 1.54) is 5.56 Å². The molecule has 1 aromatic carbocycles. The van der Waals surface area contributed by atoms with E-state index in [1.54, 1.807) is 0 Å². The number of benzene rings is 1. The van der Waals surface area contributed by atoms with Gasteiger partial charge in [-0.3, -0.25) is 0 Å². The van der Waals surface area contributed by atoms with Gasteiger partial charge in [0.25, 0.3) is 0 Å². The van der Waals surface area contributed by atoms with Crippen LogP contribution in [0.2, 0.25) is 0 Å². The summed E-state index contributed by atoms with van der Waals surface area (Å²) in [6, 6.07) is 10.2. The third-order valence-corrected chi connectivity index (χ3v) is 2.43. The first-order valence-electron chi connectivity index (χ1n) is 4.80. The Morgan fingerprint density at radius 1 is 1.13 bits per heavy atom. The molecule has 0 bridgehead atoms.